The van der Waals surface area contributed by atoms with Gasteiger partial charge >= 0.3 is 0 Å². The number of rotatable bonds is 6. The average molecular weight is 242 g/mol. The van der Waals surface area contributed by atoms with Crippen molar-refractivity contribution in [2.45, 2.75) is 52.5 Å². The van der Waals surface area contributed by atoms with E-state index in [0.29, 0.717) is 17.5 Å². The zero-order valence-electron chi connectivity index (χ0n) is 10.5. The van der Waals surface area contributed by atoms with Gasteiger partial charge in [0.15, 0.2) is 0 Å². The molecule has 2 N–H and O–H groups in total. The van der Waals surface area contributed by atoms with Gasteiger partial charge in [0.05, 0.1) is 10.4 Å². The number of hydrogen-bond donors (Lipinski definition) is 1. The SMILES string of the molecule is CCCN(C(=O)C(C)(CC)C(N)=S)C1CC1. The second-order valence-electron chi connectivity index (χ2n) is 4.78. The minimum atomic E-state index is -0.660. The molecule has 0 aliphatic heterocycles. The van der Waals surface area contributed by atoms with Crippen LogP contribution in [0.25, 0.3) is 0 Å². The van der Waals surface area contributed by atoms with Gasteiger partial charge in [0.25, 0.3) is 0 Å². The van der Waals surface area contributed by atoms with E-state index in [0.717, 1.165) is 25.8 Å². The molecule has 3 nitrogen and oxygen atoms in total. The van der Waals surface area contributed by atoms with Crippen LogP contribution in [0.4, 0.5) is 0 Å². The van der Waals surface area contributed by atoms with Gasteiger partial charge in [-0.25, -0.2) is 0 Å². The van der Waals surface area contributed by atoms with Gasteiger partial charge in [-0.15, -0.1) is 0 Å². The second-order valence-corrected chi connectivity index (χ2v) is 5.22. The fraction of sp³-hybridized carbons (Fsp3) is 0.833. The van der Waals surface area contributed by atoms with Gasteiger partial charge in [-0.1, -0.05) is 26.1 Å². The molecule has 1 atom stereocenters. The van der Waals surface area contributed by atoms with E-state index in [1.54, 1.807) is 0 Å². The molecule has 1 rings (SSSR count). The van der Waals surface area contributed by atoms with Crippen LogP contribution in [0.15, 0.2) is 0 Å². The van der Waals surface area contributed by atoms with Gasteiger partial charge in [-0.3, -0.25) is 4.79 Å². The zero-order valence-corrected chi connectivity index (χ0v) is 11.3. The number of carbonyl (C=O) groups excluding carboxylic acids is 1. The van der Waals surface area contributed by atoms with E-state index in [-0.39, 0.29) is 5.91 Å². The van der Waals surface area contributed by atoms with Crippen LogP contribution in [0.1, 0.15) is 46.5 Å². The van der Waals surface area contributed by atoms with E-state index in [9.17, 15) is 4.79 Å². The van der Waals surface area contributed by atoms with Crippen LogP contribution in [-0.2, 0) is 4.79 Å². The monoisotopic (exact) mass is 242 g/mol. The fourth-order valence-corrected chi connectivity index (χ4v) is 2.06. The average Bonchev–Trinajstić information content (AvgIpc) is 3.07. The molecule has 1 aliphatic rings. The van der Waals surface area contributed by atoms with Gasteiger partial charge in [0, 0.05) is 12.6 Å². The van der Waals surface area contributed by atoms with Crippen LogP contribution in [0.5, 0.6) is 0 Å². The highest BCUT2D eigenvalue weighted by Crippen LogP contribution is 2.33. The number of hydrogen-bond acceptors (Lipinski definition) is 2. The number of nitrogens with zero attached hydrogens (tertiary/aromatic N) is 1. The molecule has 1 unspecified atom stereocenters. The number of thiocarbonyl (C=S) groups is 1. The van der Waals surface area contributed by atoms with Crippen LogP contribution in [-0.4, -0.2) is 28.4 Å². The molecule has 1 fully saturated rings. The minimum absolute atomic E-state index is 0.117. The summed E-state index contributed by atoms with van der Waals surface area (Å²) in [7, 11) is 0. The predicted octanol–water partition coefficient (Wildman–Crippen LogP) is 2.09. The number of carbonyl (C=O) groups is 1. The molecule has 0 heterocycles. The molecule has 92 valence electrons. The summed E-state index contributed by atoms with van der Waals surface area (Å²) < 4.78 is 0. The van der Waals surface area contributed by atoms with E-state index >= 15 is 0 Å². The summed E-state index contributed by atoms with van der Waals surface area (Å²) >= 11 is 5.05. The molecule has 0 spiro atoms. The Kier molecular flexibility index (Phi) is 4.30. The Bertz CT molecular complexity index is 289. The molecular formula is C12H22N2OS. The molecule has 0 aromatic heterocycles. The lowest BCUT2D eigenvalue weighted by molar-refractivity contribution is -0.138. The first-order chi connectivity index (χ1) is 7.47. The highest BCUT2D eigenvalue weighted by atomic mass is 32.1. The Balaban J connectivity index is 2.82. The van der Waals surface area contributed by atoms with Crippen molar-refractivity contribution in [1.29, 1.82) is 0 Å². The van der Waals surface area contributed by atoms with E-state index in [1.807, 2.05) is 18.7 Å². The summed E-state index contributed by atoms with van der Waals surface area (Å²) in [5.41, 5.74) is 5.06. The van der Waals surface area contributed by atoms with E-state index in [1.165, 1.54) is 0 Å². The molecule has 4 heteroatoms. The van der Waals surface area contributed by atoms with Crippen molar-refractivity contribution in [1.82, 2.24) is 4.90 Å². The van der Waals surface area contributed by atoms with E-state index in [2.05, 4.69) is 6.92 Å². The van der Waals surface area contributed by atoms with Crippen molar-refractivity contribution in [3.8, 4) is 0 Å². The Labute approximate surface area is 103 Å². The quantitative estimate of drug-likeness (QED) is 0.725. The lowest BCUT2D eigenvalue weighted by atomic mass is 9.85. The van der Waals surface area contributed by atoms with Crippen LogP contribution >= 0.6 is 12.2 Å². The largest absolute Gasteiger partial charge is 0.392 e. The van der Waals surface area contributed by atoms with Crippen LogP contribution in [0.2, 0.25) is 0 Å². The second kappa shape index (κ2) is 5.13. The van der Waals surface area contributed by atoms with Crippen molar-refractivity contribution < 1.29 is 4.79 Å². The van der Waals surface area contributed by atoms with Crippen LogP contribution in [0.3, 0.4) is 0 Å². The smallest absolute Gasteiger partial charge is 0.235 e. The lowest BCUT2D eigenvalue weighted by Crippen LogP contribution is -2.49. The van der Waals surface area contributed by atoms with Crippen molar-refractivity contribution >= 4 is 23.1 Å². The molecule has 0 saturated heterocycles. The number of nitrogens with two attached hydrogens (primary N) is 1. The molecule has 16 heavy (non-hydrogen) atoms. The third-order valence-corrected chi connectivity index (χ3v) is 3.89. The topological polar surface area (TPSA) is 46.3 Å². The lowest BCUT2D eigenvalue weighted by Gasteiger charge is -2.33. The first-order valence-electron chi connectivity index (χ1n) is 6.08. The van der Waals surface area contributed by atoms with Crippen LogP contribution in [0, 0.1) is 5.41 Å². The molecule has 1 saturated carbocycles. The summed E-state index contributed by atoms with van der Waals surface area (Å²) in [5.74, 6) is 0.117. The zero-order chi connectivity index (χ0) is 12.3. The normalized spacial score (nSPS) is 18.9. The first-order valence-corrected chi connectivity index (χ1v) is 6.49. The van der Waals surface area contributed by atoms with Gasteiger partial charge < -0.3 is 10.6 Å². The minimum Gasteiger partial charge on any atom is -0.392 e. The highest BCUT2D eigenvalue weighted by Gasteiger charge is 2.42. The van der Waals surface area contributed by atoms with E-state index < -0.39 is 5.41 Å². The third kappa shape index (κ3) is 2.54. The Morgan fingerprint density at radius 2 is 2.06 bits per heavy atom. The molecule has 1 aliphatic carbocycles. The fourth-order valence-electron chi connectivity index (χ4n) is 1.82. The first kappa shape index (κ1) is 13.4. The van der Waals surface area contributed by atoms with Crippen molar-refractivity contribution in [3.63, 3.8) is 0 Å². The maximum absolute atomic E-state index is 12.5. The molecule has 0 aromatic carbocycles. The van der Waals surface area contributed by atoms with Gasteiger partial charge in [0.2, 0.25) is 5.91 Å². The highest BCUT2D eigenvalue weighted by molar-refractivity contribution is 7.80. The summed E-state index contributed by atoms with van der Waals surface area (Å²) in [4.78, 5) is 14.8. The summed E-state index contributed by atoms with van der Waals surface area (Å²) in [6.45, 7) is 6.74. The van der Waals surface area contributed by atoms with Gasteiger partial charge in [-0.05, 0) is 32.6 Å². The summed E-state index contributed by atoms with van der Waals surface area (Å²) in [6.07, 6.45) is 3.92. The van der Waals surface area contributed by atoms with Crippen molar-refractivity contribution in [2.24, 2.45) is 11.1 Å². The third-order valence-electron chi connectivity index (χ3n) is 3.44. The van der Waals surface area contributed by atoms with Gasteiger partial charge in [-0.2, -0.15) is 0 Å². The standard InChI is InChI=1S/C12H22N2OS/c1-4-8-14(9-6-7-9)11(15)12(3,5-2)10(13)16/h9H,4-8H2,1-3H3,(H2,13,16). The molecule has 0 radical (unpaired) electrons. The Morgan fingerprint density at radius 3 is 2.38 bits per heavy atom. The van der Waals surface area contributed by atoms with Crippen molar-refractivity contribution in [2.75, 3.05) is 6.54 Å². The van der Waals surface area contributed by atoms with Crippen molar-refractivity contribution in [3.05, 3.63) is 0 Å². The maximum atomic E-state index is 12.5. The predicted molar refractivity (Wildman–Crippen MR) is 70.2 cm³/mol. The Hall–Kier alpha value is -0.640. The molecule has 1 amide bonds. The summed E-state index contributed by atoms with van der Waals surface area (Å²) in [5, 5.41) is 0. The summed E-state index contributed by atoms with van der Waals surface area (Å²) in [6, 6.07) is 0.438. The molecular weight excluding hydrogens is 220 g/mol. The number of amides is 1. The van der Waals surface area contributed by atoms with Crippen LogP contribution < -0.4 is 5.73 Å². The van der Waals surface area contributed by atoms with Gasteiger partial charge in [0.1, 0.15) is 0 Å². The molecule has 0 bridgehead atoms. The van der Waals surface area contributed by atoms with E-state index in [4.69, 9.17) is 18.0 Å². The molecule has 0 aromatic rings. The Morgan fingerprint density at radius 1 is 1.50 bits per heavy atom. The maximum Gasteiger partial charge on any atom is 0.235 e.